The van der Waals surface area contributed by atoms with E-state index in [0.717, 1.165) is 25.1 Å². The Labute approximate surface area is 167 Å². The molecule has 0 radical (unpaired) electrons. The zero-order valence-electron chi connectivity index (χ0n) is 15.2. The highest BCUT2D eigenvalue weighted by atomic mass is 127. The zero-order chi connectivity index (χ0) is 17.9. The number of carbonyl (C=O) groups excluding carboxylic acids is 1. The van der Waals surface area contributed by atoms with Gasteiger partial charge >= 0.3 is 0 Å². The van der Waals surface area contributed by atoms with Crippen molar-refractivity contribution in [2.45, 2.75) is 33.6 Å². The average Bonchev–Trinajstić information content (AvgIpc) is 2.52. The molecule has 1 unspecified atom stereocenters. The van der Waals surface area contributed by atoms with E-state index in [9.17, 15) is 9.18 Å². The highest BCUT2D eigenvalue weighted by Gasteiger charge is 2.16. The lowest BCUT2D eigenvalue weighted by atomic mass is 9.99. The van der Waals surface area contributed by atoms with Gasteiger partial charge in [0.25, 0.3) is 0 Å². The van der Waals surface area contributed by atoms with Gasteiger partial charge in [0.2, 0.25) is 5.91 Å². The Balaban J connectivity index is 0.00000576. The number of halogens is 2. The van der Waals surface area contributed by atoms with E-state index in [-0.39, 0.29) is 29.8 Å². The molecule has 0 fully saturated rings. The van der Waals surface area contributed by atoms with Gasteiger partial charge in [-0.3, -0.25) is 9.79 Å². The molecule has 1 aromatic rings. The summed E-state index contributed by atoms with van der Waals surface area (Å²) >= 11 is 0. The summed E-state index contributed by atoms with van der Waals surface area (Å²) < 4.78 is 13.0. The second kappa shape index (κ2) is 12.9. The minimum absolute atomic E-state index is 0. The van der Waals surface area contributed by atoms with Crippen molar-refractivity contribution in [3.63, 3.8) is 0 Å². The predicted molar refractivity (Wildman–Crippen MR) is 112 cm³/mol. The molecular formula is C18H30FIN4O. The van der Waals surface area contributed by atoms with Gasteiger partial charge in [0, 0.05) is 13.1 Å². The molecule has 1 aromatic carbocycles. The van der Waals surface area contributed by atoms with Gasteiger partial charge in [0.1, 0.15) is 5.82 Å². The van der Waals surface area contributed by atoms with E-state index in [1.807, 2.05) is 6.92 Å². The maximum absolute atomic E-state index is 13.0. The van der Waals surface area contributed by atoms with Crippen molar-refractivity contribution in [3.05, 3.63) is 35.6 Å². The molecule has 0 aromatic heterocycles. The second-order valence-corrected chi connectivity index (χ2v) is 6.26. The minimum atomic E-state index is -0.420. The molecule has 1 atom stereocenters. The maximum Gasteiger partial charge on any atom is 0.222 e. The van der Waals surface area contributed by atoms with Crippen LogP contribution in [0.5, 0.6) is 0 Å². The third kappa shape index (κ3) is 10.3. The molecule has 142 valence electrons. The molecule has 0 aliphatic rings. The Morgan fingerprint density at radius 3 is 2.40 bits per heavy atom. The zero-order valence-corrected chi connectivity index (χ0v) is 17.5. The van der Waals surface area contributed by atoms with Gasteiger partial charge in [0.05, 0.1) is 12.5 Å². The first-order valence-electron chi connectivity index (χ1n) is 8.48. The van der Waals surface area contributed by atoms with Crippen molar-refractivity contribution in [1.29, 1.82) is 0 Å². The molecule has 0 aliphatic heterocycles. The third-order valence-corrected chi connectivity index (χ3v) is 3.63. The first-order chi connectivity index (χ1) is 11.4. The minimum Gasteiger partial charge on any atom is -0.369 e. The monoisotopic (exact) mass is 464 g/mol. The highest BCUT2D eigenvalue weighted by molar-refractivity contribution is 14.0. The number of guanidine groups is 1. The summed E-state index contributed by atoms with van der Waals surface area (Å²) in [6, 6.07) is 6.10. The summed E-state index contributed by atoms with van der Waals surface area (Å²) in [7, 11) is 0. The molecule has 4 N–H and O–H groups in total. The molecule has 0 bridgehead atoms. The lowest BCUT2D eigenvalue weighted by Gasteiger charge is -2.15. The number of nitrogens with two attached hydrogens (primary N) is 1. The number of amides is 1. The fourth-order valence-electron chi connectivity index (χ4n) is 2.18. The Hall–Kier alpha value is -1.38. The van der Waals surface area contributed by atoms with E-state index < -0.39 is 11.8 Å². The summed E-state index contributed by atoms with van der Waals surface area (Å²) in [5.41, 5.74) is 6.36. The summed E-state index contributed by atoms with van der Waals surface area (Å²) in [6.07, 6.45) is 1.49. The van der Waals surface area contributed by atoms with E-state index in [4.69, 9.17) is 5.73 Å². The Kier molecular flexibility index (Phi) is 12.2. The Morgan fingerprint density at radius 1 is 1.24 bits per heavy atom. The van der Waals surface area contributed by atoms with Crippen LogP contribution in [-0.4, -0.2) is 31.5 Å². The Morgan fingerprint density at radius 2 is 1.88 bits per heavy atom. The normalized spacial score (nSPS) is 12.4. The summed E-state index contributed by atoms with van der Waals surface area (Å²) in [5, 5.41) is 6.41. The lowest BCUT2D eigenvalue weighted by molar-refractivity contribution is -0.121. The van der Waals surface area contributed by atoms with Crippen molar-refractivity contribution in [1.82, 2.24) is 10.6 Å². The maximum atomic E-state index is 13.0. The number of nitrogens with one attached hydrogen (secondary N) is 2. The number of benzene rings is 1. The standard InChI is InChI=1S/C18H29FN4O.HI/c1-4-21-18(22-10-9-13(2)3)23-12-15(17(20)24)11-14-5-7-16(19)8-6-14;/h5-8,13,15H,4,9-12H2,1-3H3,(H2,20,24)(H2,21,22,23);1H. The summed E-state index contributed by atoms with van der Waals surface area (Å²) in [4.78, 5) is 16.1. The predicted octanol–water partition coefficient (Wildman–Crippen LogP) is 2.69. The number of primary amides is 1. The summed E-state index contributed by atoms with van der Waals surface area (Å²) in [6.45, 7) is 8.18. The van der Waals surface area contributed by atoms with E-state index in [2.05, 4.69) is 29.5 Å². The highest BCUT2D eigenvalue weighted by Crippen LogP contribution is 2.10. The van der Waals surface area contributed by atoms with Crippen molar-refractivity contribution >= 4 is 35.8 Å². The van der Waals surface area contributed by atoms with Crippen LogP contribution in [0.1, 0.15) is 32.8 Å². The van der Waals surface area contributed by atoms with Crippen LogP contribution in [0.2, 0.25) is 0 Å². The first kappa shape index (κ1) is 23.6. The van der Waals surface area contributed by atoms with E-state index >= 15 is 0 Å². The van der Waals surface area contributed by atoms with Crippen LogP contribution in [0.4, 0.5) is 4.39 Å². The van der Waals surface area contributed by atoms with Gasteiger partial charge in [0.15, 0.2) is 5.96 Å². The third-order valence-electron chi connectivity index (χ3n) is 3.63. The molecular weight excluding hydrogens is 434 g/mol. The fourth-order valence-corrected chi connectivity index (χ4v) is 2.18. The molecule has 1 amide bonds. The first-order valence-corrected chi connectivity index (χ1v) is 8.48. The lowest BCUT2D eigenvalue weighted by Crippen LogP contribution is -2.39. The van der Waals surface area contributed by atoms with Gasteiger partial charge in [-0.25, -0.2) is 4.39 Å². The molecule has 0 saturated heterocycles. The second-order valence-electron chi connectivity index (χ2n) is 6.26. The molecule has 1 rings (SSSR count). The molecule has 0 spiro atoms. The smallest absolute Gasteiger partial charge is 0.222 e. The van der Waals surface area contributed by atoms with Crippen LogP contribution in [-0.2, 0) is 11.2 Å². The number of aliphatic imine (C=N–C) groups is 1. The van der Waals surface area contributed by atoms with E-state index in [1.165, 1.54) is 12.1 Å². The molecule has 5 nitrogen and oxygen atoms in total. The number of carbonyl (C=O) groups is 1. The molecule has 0 aliphatic carbocycles. The van der Waals surface area contributed by atoms with Crippen molar-refractivity contribution in [3.8, 4) is 0 Å². The quantitative estimate of drug-likeness (QED) is 0.299. The fraction of sp³-hybridized carbons (Fsp3) is 0.556. The molecule has 7 heteroatoms. The van der Waals surface area contributed by atoms with Gasteiger partial charge < -0.3 is 16.4 Å². The van der Waals surface area contributed by atoms with Gasteiger partial charge in [-0.05, 0) is 43.4 Å². The van der Waals surface area contributed by atoms with Crippen LogP contribution in [0, 0.1) is 17.7 Å². The number of hydrogen-bond acceptors (Lipinski definition) is 2. The van der Waals surface area contributed by atoms with Gasteiger partial charge in [-0.15, -0.1) is 24.0 Å². The topological polar surface area (TPSA) is 79.5 Å². The number of nitrogens with zero attached hydrogens (tertiary/aromatic N) is 1. The van der Waals surface area contributed by atoms with Crippen LogP contribution < -0.4 is 16.4 Å². The van der Waals surface area contributed by atoms with Crippen LogP contribution in [0.3, 0.4) is 0 Å². The van der Waals surface area contributed by atoms with Gasteiger partial charge in [-0.2, -0.15) is 0 Å². The van der Waals surface area contributed by atoms with Crippen molar-refractivity contribution < 1.29 is 9.18 Å². The average molecular weight is 464 g/mol. The SMILES string of the molecule is CCNC(=NCC(Cc1ccc(F)cc1)C(N)=O)NCCC(C)C.I. The molecule has 25 heavy (non-hydrogen) atoms. The molecule has 0 saturated carbocycles. The van der Waals surface area contributed by atoms with Crippen LogP contribution >= 0.6 is 24.0 Å². The number of rotatable bonds is 9. The number of hydrogen-bond donors (Lipinski definition) is 3. The largest absolute Gasteiger partial charge is 0.369 e. The summed E-state index contributed by atoms with van der Waals surface area (Å²) in [5.74, 6) is 0.175. The van der Waals surface area contributed by atoms with Crippen molar-refractivity contribution in [2.75, 3.05) is 19.6 Å². The van der Waals surface area contributed by atoms with E-state index in [1.54, 1.807) is 12.1 Å². The molecule has 0 heterocycles. The van der Waals surface area contributed by atoms with Gasteiger partial charge in [-0.1, -0.05) is 26.0 Å². The van der Waals surface area contributed by atoms with E-state index in [0.29, 0.717) is 24.8 Å². The van der Waals surface area contributed by atoms with Crippen LogP contribution in [0.25, 0.3) is 0 Å². The van der Waals surface area contributed by atoms with Crippen LogP contribution in [0.15, 0.2) is 29.3 Å². The van der Waals surface area contributed by atoms with Crippen molar-refractivity contribution in [2.24, 2.45) is 22.6 Å². The Bertz CT molecular complexity index is 534.